The molecule has 0 saturated heterocycles. The number of ether oxygens (including phenoxy) is 1. The topological polar surface area (TPSA) is 43.3 Å². The van der Waals surface area contributed by atoms with Gasteiger partial charge in [0.25, 0.3) is 5.91 Å². The van der Waals surface area contributed by atoms with Crippen molar-refractivity contribution in [1.82, 2.24) is 9.88 Å². The summed E-state index contributed by atoms with van der Waals surface area (Å²) < 4.78 is 8.76. The lowest BCUT2D eigenvalue weighted by atomic mass is 10.2. The number of benzene rings is 1. The molecule has 1 saturated carbocycles. The van der Waals surface area contributed by atoms with Crippen LogP contribution in [0.15, 0.2) is 42.7 Å². The fourth-order valence-electron chi connectivity index (χ4n) is 2.76. The number of nitrogens with zero attached hydrogens (tertiary/aromatic N) is 1. The van der Waals surface area contributed by atoms with Crippen LogP contribution in [0.25, 0.3) is 10.1 Å². The fraction of sp³-hybridized carbons (Fsp3) is 0.278. The average Bonchev–Trinajstić information content (AvgIpc) is 3.23. The molecule has 1 amide bonds. The zero-order valence-corrected chi connectivity index (χ0v) is 13.7. The van der Waals surface area contributed by atoms with E-state index in [0.29, 0.717) is 12.6 Å². The van der Waals surface area contributed by atoms with Gasteiger partial charge in [-0.1, -0.05) is 18.2 Å². The Labute approximate surface area is 138 Å². The highest BCUT2D eigenvalue weighted by molar-refractivity contribution is 7.20. The maximum absolute atomic E-state index is 12.4. The molecule has 1 fully saturated rings. The van der Waals surface area contributed by atoms with Crippen LogP contribution in [0.2, 0.25) is 0 Å². The van der Waals surface area contributed by atoms with Gasteiger partial charge in [-0.25, -0.2) is 0 Å². The monoisotopic (exact) mass is 326 g/mol. The molecule has 0 unspecified atom stereocenters. The van der Waals surface area contributed by atoms with Crippen molar-refractivity contribution in [3.8, 4) is 5.75 Å². The van der Waals surface area contributed by atoms with Crippen LogP contribution in [0, 0.1) is 0 Å². The third kappa shape index (κ3) is 2.84. The van der Waals surface area contributed by atoms with Crippen LogP contribution < -0.4 is 10.1 Å². The van der Waals surface area contributed by atoms with Crippen molar-refractivity contribution in [2.45, 2.75) is 25.4 Å². The third-order valence-electron chi connectivity index (χ3n) is 4.17. The highest BCUT2D eigenvalue weighted by Gasteiger charge is 2.24. The predicted octanol–water partition coefficient (Wildman–Crippen LogP) is 3.98. The molecule has 2 heterocycles. The summed E-state index contributed by atoms with van der Waals surface area (Å²) in [6.07, 6.45) is 6.86. The first-order chi connectivity index (χ1) is 11.2. The highest BCUT2D eigenvalue weighted by Crippen LogP contribution is 2.38. The number of hydrogen-bond donors (Lipinski definition) is 1. The lowest BCUT2D eigenvalue weighted by Gasteiger charge is -2.08. The minimum Gasteiger partial charge on any atom is -0.496 e. The molecule has 0 radical (unpaired) electrons. The van der Waals surface area contributed by atoms with Crippen LogP contribution in [0.1, 0.15) is 34.1 Å². The second kappa shape index (κ2) is 5.74. The Hall–Kier alpha value is -2.27. The maximum atomic E-state index is 12.4. The Morgan fingerprint density at radius 1 is 1.35 bits per heavy atom. The van der Waals surface area contributed by atoms with Crippen molar-refractivity contribution >= 4 is 27.3 Å². The summed E-state index contributed by atoms with van der Waals surface area (Å²) in [6.45, 7) is 0.465. The number of nitrogens with one attached hydrogen (secondary N) is 1. The van der Waals surface area contributed by atoms with Crippen molar-refractivity contribution in [3.05, 3.63) is 53.2 Å². The van der Waals surface area contributed by atoms with E-state index in [0.717, 1.165) is 21.6 Å². The van der Waals surface area contributed by atoms with Crippen LogP contribution in [-0.2, 0) is 6.54 Å². The Balaban J connectivity index is 1.47. The van der Waals surface area contributed by atoms with Crippen molar-refractivity contribution in [3.63, 3.8) is 0 Å². The first kappa shape index (κ1) is 14.3. The summed E-state index contributed by atoms with van der Waals surface area (Å²) in [5.74, 6) is 0.762. The molecule has 0 aliphatic heterocycles. The number of carbonyl (C=O) groups is 1. The van der Waals surface area contributed by atoms with E-state index in [1.54, 1.807) is 18.4 Å². The molecular formula is C18H18N2O2S. The molecule has 23 heavy (non-hydrogen) atoms. The van der Waals surface area contributed by atoms with E-state index in [2.05, 4.69) is 22.3 Å². The minimum absolute atomic E-state index is 0.0323. The molecule has 0 atom stereocenters. The Morgan fingerprint density at radius 2 is 2.17 bits per heavy atom. The number of thiophene rings is 1. The Bertz CT molecular complexity index is 829. The lowest BCUT2D eigenvalue weighted by Crippen LogP contribution is -2.22. The van der Waals surface area contributed by atoms with E-state index >= 15 is 0 Å². The van der Waals surface area contributed by atoms with Crippen LogP contribution in [0.5, 0.6) is 5.75 Å². The number of methoxy groups -OCH3 is 1. The van der Waals surface area contributed by atoms with Gasteiger partial charge in [0, 0.05) is 35.9 Å². The van der Waals surface area contributed by atoms with Crippen LogP contribution >= 0.6 is 11.3 Å². The van der Waals surface area contributed by atoms with E-state index in [-0.39, 0.29) is 5.91 Å². The molecule has 0 spiro atoms. The first-order valence-electron chi connectivity index (χ1n) is 7.75. The van der Waals surface area contributed by atoms with Crippen LogP contribution in [0.4, 0.5) is 0 Å². The molecule has 0 bridgehead atoms. The minimum atomic E-state index is -0.0323. The lowest BCUT2D eigenvalue weighted by molar-refractivity contribution is 0.0955. The molecule has 2 aromatic heterocycles. The highest BCUT2D eigenvalue weighted by atomic mass is 32.1. The van der Waals surface area contributed by atoms with E-state index in [4.69, 9.17) is 4.74 Å². The number of rotatable bonds is 5. The molecule has 118 valence electrons. The summed E-state index contributed by atoms with van der Waals surface area (Å²) in [4.78, 5) is 13.1. The van der Waals surface area contributed by atoms with Crippen molar-refractivity contribution < 1.29 is 9.53 Å². The molecule has 5 heteroatoms. The number of carbonyl (C=O) groups excluding carboxylic acids is 1. The summed E-state index contributed by atoms with van der Waals surface area (Å²) in [5.41, 5.74) is 0.977. The standard InChI is InChI=1S/C18H18N2O2S/c1-22-15-5-3-2-4-12(15)9-19-18(21)16-8-13-10-20(14-6-7-14)11-17(13)23-16/h2-5,8,10-11,14H,6-7,9H2,1H3,(H,19,21). The Morgan fingerprint density at radius 3 is 2.91 bits per heavy atom. The van der Waals surface area contributed by atoms with Crippen molar-refractivity contribution in [2.75, 3.05) is 7.11 Å². The number of aromatic nitrogens is 1. The van der Waals surface area contributed by atoms with Gasteiger partial charge in [-0.2, -0.15) is 0 Å². The zero-order chi connectivity index (χ0) is 15.8. The van der Waals surface area contributed by atoms with Gasteiger partial charge in [0.15, 0.2) is 0 Å². The molecule has 4 rings (SSSR count). The molecular weight excluding hydrogens is 308 g/mol. The number of hydrogen-bond acceptors (Lipinski definition) is 3. The fourth-order valence-corrected chi connectivity index (χ4v) is 3.75. The van der Waals surface area contributed by atoms with Crippen LogP contribution in [0.3, 0.4) is 0 Å². The van der Waals surface area contributed by atoms with Gasteiger partial charge in [-0.05, 0) is 25.0 Å². The van der Waals surface area contributed by atoms with Crippen molar-refractivity contribution in [2.24, 2.45) is 0 Å². The smallest absolute Gasteiger partial charge is 0.261 e. The van der Waals surface area contributed by atoms with Gasteiger partial charge in [0.05, 0.1) is 16.7 Å². The third-order valence-corrected chi connectivity index (χ3v) is 5.25. The summed E-state index contributed by atoms with van der Waals surface area (Å²) in [5, 5.41) is 4.13. The van der Waals surface area contributed by atoms with E-state index < -0.39 is 0 Å². The largest absolute Gasteiger partial charge is 0.496 e. The molecule has 3 aromatic rings. The van der Waals surface area contributed by atoms with Gasteiger partial charge < -0.3 is 14.6 Å². The molecule has 1 N–H and O–H groups in total. The maximum Gasteiger partial charge on any atom is 0.261 e. The predicted molar refractivity (Wildman–Crippen MR) is 92.3 cm³/mol. The summed E-state index contributed by atoms with van der Waals surface area (Å²) in [7, 11) is 1.64. The van der Waals surface area contributed by atoms with E-state index in [9.17, 15) is 4.79 Å². The normalized spacial score (nSPS) is 14.1. The van der Waals surface area contributed by atoms with Gasteiger partial charge in [-0.15, -0.1) is 11.3 Å². The van der Waals surface area contributed by atoms with Gasteiger partial charge in [-0.3, -0.25) is 4.79 Å². The summed E-state index contributed by atoms with van der Waals surface area (Å²) >= 11 is 1.55. The summed E-state index contributed by atoms with van der Waals surface area (Å²) in [6, 6.07) is 10.4. The first-order valence-corrected chi connectivity index (χ1v) is 8.57. The number of fused-ring (bicyclic) bond motifs is 1. The van der Waals surface area contributed by atoms with Crippen molar-refractivity contribution in [1.29, 1.82) is 0 Å². The van der Waals surface area contributed by atoms with Gasteiger partial charge in [0.2, 0.25) is 0 Å². The molecule has 1 aliphatic rings. The van der Waals surface area contributed by atoms with E-state index in [1.165, 1.54) is 17.5 Å². The van der Waals surface area contributed by atoms with Gasteiger partial charge >= 0.3 is 0 Å². The molecule has 4 nitrogen and oxygen atoms in total. The average molecular weight is 326 g/mol. The Kier molecular flexibility index (Phi) is 3.58. The molecule has 1 aliphatic carbocycles. The van der Waals surface area contributed by atoms with Crippen LogP contribution in [-0.4, -0.2) is 17.6 Å². The number of amides is 1. The zero-order valence-electron chi connectivity index (χ0n) is 12.9. The quantitative estimate of drug-likeness (QED) is 0.771. The van der Waals surface area contributed by atoms with Gasteiger partial charge in [0.1, 0.15) is 5.75 Å². The van der Waals surface area contributed by atoms with E-state index in [1.807, 2.05) is 30.3 Å². The molecule has 1 aromatic carbocycles. The SMILES string of the molecule is COc1ccccc1CNC(=O)c1cc2cn(C3CC3)cc2s1. The second-order valence-corrected chi connectivity index (χ2v) is 6.95. The second-order valence-electron chi connectivity index (χ2n) is 5.86. The number of para-hydroxylation sites is 1.